The summed E-state index contributed by atoms with van der Waals surface area (Å²) in [5, 5.41) is 22.2. The van der Waals surface area contributed by atoms with E-state index in [1.54, 1.807) is 43.8 Å². The third kappa shape index (κ3) is 4.65. The van der Waals surface area contributed by atoms with Gasteiger partial charge >= 0.3 is 5.69 Å². The van der Waals surface area contributed by atoms with E-state index in [1.807, 2.05) is 0 Å². The third-order valence-electron chi connectivity index (χ3n) is 4.55. The molecule has 3 aromatic rings. The molecule has 0 saturated carbocycles. The van der Waals surface area contributed by atoms with Gasteiger partial charge in [0, 0.05) is 6.20 Å². The van der Waals surface area contributed by atoms with Crippen LogP contribution in [0.4, 0.5) is 15.8 Å². The highest BCUT2D eigenvalue weighted by Crippen LogP contribution is 2.22. The lowest BCUT2D eigenvalue weighted by Crippen LogP contribution is -2.25. The zero-order valence-corrected chi connectivity index (χ0v) is 16.3. The van der Waals surface area contributed by atoms with Crippen molar-refractivity contribution in [3.63, 3.8) is 0 Å². The van der Waals surface area contributed by atoms with Gasteiger partial charge in [0.05, 0.1) is 35.8 Å². The molecule has 0 fully saturated rings. The summed E-state index contributed by atoms with van der Waals surface area (Å²) >= 11 is 0. The summed E-state index contributed by atoms with van der Waals surface area (Å²) in [5.41, 5.74) is 1.97. The molecule has 2 heterocycles. The van der Waals surface area contributed by atoms with Crippen LogP contribution >= 0.6 is 0 Å². The van der Waals surface area contributed by atoms with E-state index < -0.39 is 10.8 Å². The standard InChI is InChI=1S/C19H21FN6O3/c1-12(9-25-14(3)18(26(28)29)13(2)23-25)19(27)22-17-8-21-24(11-17)10-15-5-4-6-16(20)7-15/h4-8,11-12H,9-10H2,1-3H3,(H,22,27). The number of hydrogen-bond acceptors (Lipinski definition) is 5. The van der Waals surface area contributed by atoms with Crippen LogP contribution < -0.4 is 5.32 Å². The second-order valence-electron chi connectivity index (χ2n) is 6.91. The van der Waals surface area contributed by atoms with Crippen LogP contribution in [0.3, 0.4) is 0 Å². The Balaban J connectivity index is 1.62. The molecule has 0 aliphatic carbocycles. The first-order chi connectivity index (χ1) is 13.7. The summed E-state index contributed by atoms with van der Waals surface area (Å²) in [4.78, 5) is 23.1. The molecule has 10 heteroatoms. The van der Waals surface area contributed by atoms with Gasteiger partial charge in [-0.05, 0) is 31.5 Å². The molecule has 3 rings (SSSR count). The SMILES string of the molecule is Cc1nn(CC(C)C(=O)Nc2cnn(Cc3cccc(F)c3)c2)c(C)c1[N+](=O)[O-]. The van der Waals surface area contributed by atoms with E-state index in [0.29, 0.717) is 23.6 Å². The number of anilines is 1. The second-order valence-corrected chi connectivity index (χ2v) is 6.91. The predicted octanol–water partition coefficient (Wildman–Crippen LogP) is 3.07. The Bertz CT molecular complexity index is 1060. The second kappa shape index (κ2) is 8.21. The third-order valence-corrected chi connectivity index (χ3v) is 4.55. The maximum atomic E-state index is 13.3. The number of carbonyl (C=O) groups is 1. The fourth-order valence-electron chi connectivity index (χ4n) is 3.07. The normalized spacial score (nSPS) is 12.0. The molecule has 1 unspecified atom stereocenters. The lowest BCUT2D eigenvalue weighted by molar-refractivity contribution is -0.386. The fraction of sp³-hybridized carbons (Fsp3) is 0.316. The van der Waals surface area contributed by atoms with Crippen LogP contribution in [0.1, 0.15) is 23.9 Å². The van der Waals surface area contributed by atoms with Crippen molar-refractivity contribution >= 4 is 17.3 Å². The summed E-state index contributed by atoms with van der Waals surface area (Å²) in [5.74, 6) is -1.05. The molecule has 0 saturated heterocycles. The minimum atomic E-state index is -0.473. The average molecular weight is 400 g/mol. The summed E-state index contributed by atoms with van der Waals surface area (Å²) in [6.07, 6.45) is 3.17. The van der Waals surface area contributed by atoms with Crippen LogP contribution in [0.25, 0.3) is 0 Å². The Morgan fingerprint density at radius 2 is 2.14 bits per heavy atom. The number of aromatic nitrogens is 4. The van der Waals surface area contributed by atoms with Crippen molar-refractivity contribution in [2.24, 2.45) is 5.92 Å². The van der Waals surface area contributed by atoms with Gasteiger partial charge in [-0.2, -0.15) is 10.2 Å². The molecule has 9 nitrogen and oxygen atoms in total. The van der Waals surface area contributed by atoms with Crippen molar-refractivity contribution in [2.75, 3.05) is 5.32 Å². The molecular weight excluding hydrogens is 379 g/mol. The number of nitrogens with one attached hydrogen (secondary N) is 1. The van der Waals surface area contributed by atoms with Gasteiger partial charge in [0.2, 0.25) is 5.91 Å². The summed E-state index contributed by atoms with van der Waals surface area (Å²) in [6, 6.07) is 6.22. The Labute approximate surface area is 166 Å². The molecule has 29 heavy (non-hydrogen) atoms. The molecule has 0 aliphatic heterocycles. The van der Waals surface area contributed by atoms with Gasteiger partial charge in [0.15, 0.2) is 0 Å². The lowest BCUT2D eigenvalue weighted by Gasteiger charge is -2.12. The zero-order chi connectivity index (χ0) is 21.1. The molecule has 0 radical (unpaired) electrons. The number of benzene rings is 1. The molecule has 1 aromatic carbocycles. The number of aryl methyl sites for hydroxylation is 1. The van der Waals surface area contributed by atoms with Gasteiger partial charge in [-0.25, -0.2) is 4.39 Å². The maximum Gasteiger partial charge on any atom is 0.312 e. The van der Waals surface area contributed by atoms with E-state index in [1.165, 1.54) is 23.0 Å². The number of hydrogen-bond donors (Lipinski definition) is 1. The van der Waals surface area contributed by atoms with Crippen molar-refractivity contribution in [3.8, 4) is 0 Å². The van der Waals surface area contributed by atoms with Gasteiger partial charge in [-0.15, -0.1) is 0 Å². The number of rotatable bonds is 7. The van der Waals surface area contributed by atoms with E-state index in [4.69, 9.17) is 0 Å². The quantitative estimate of drug-likeness (QED) is 0.484. The van der Waals surface area contributed by atoms with Crippen LogP contribution in [0, 0.1) is 35.7 Å². The van der Waals surface area contributed by atoms with E-state index in [0.717, 1.165) is 5.56 Å². The minimum absolute atomic E-state index is 0.0313. The maximum absolute atomic E-state index is 13.3. The van der Waals surface area contributed by atoms with Crippen LogP contribution in [-0.4, -0.2) is 30.4 Å². The molecule has 0 spiro atoms. The number of carbonyl (C=O) groups excluding carboxylic acids is 1. The molecule has 0 bridgehead atoms. The summed E-state index contributed by atoms with van der Waals surface area (Å²) in [6.45, 7) is 5.48. The van der Waals surface area contributed by atoms with Crippen LogP contribution in [0.15, 0.2) is 36.7 Å². The Morgan fingerprint density at radius 3 is 2.79 bits per heavy atom. The number of nitrogens with zero attached hydrogens (tertiary/aromatic N) is 5. The van der Waals surface area contributed by atoms with Crippen molar-refractivity contribution in [1.29, 1.82) is 0 Å². The van der Waals surface area contributed by atoms with Gasteiger partial charge in [-0.3, -0.25) is 24.3 Å². The average Bonchev–Trinajstić information content (AvgIpc) is 3.18. The topological polar surface area (TPSA) is 108 Å². The zero-order valence-electron chi connectivity index (χ0n) is 16.3. The monoisotopic (exact) mass is 400 g/mol. The highest BCUT2D eigenvalue weighted by Gasteiger charge is 2.24. The van der Waals surface area contributed by atoms with Crippen molar-refractivity contribution < 1.29 is 14.1 Å². The minimum Gasteiger partial charge on any atom is -0.323 e. The first-order valence-corrected chi connectivity index (χ1v) is 9.00. The smallest absolute Gasteiger partial charge is 0.312 e. The van der Waals surface area contributed by atoms with Gasteiger partial charge in [0.25, 0.3) is 0 Å². The van der Waals surface area contributed by atoms with Gasteiger partial charge in [0.1, 0.15) is 17.2 Å². The number of amides is 1. The highest BCUT2D eigenvalue weighted by molar-refractivity contribution is 5.92. The number of nitro groups is 1. The Kier molecular flexibility index (Phi) is 5.71. The van der Waals surface area contributed by atoms with E-state index in [-0.39, 0.29) is 24.0 Å². The highest BCUT2D eigenvalue weighted by atomic mass is 19.1. The molecule has 1 amide bonds. The van der Waals surface area contributed by atoms with E-state index in [9.17, 15) is 19.3 Å². The van der Waals surface area contributed by atoms with Crippen LogP contribution in [0.5, 0.6) is 0 Å². The first-order valence-electron chi connectivity index (χ1n) is 9.00. The molecular formula is C19H21FN6O3. The molecule has 2 aromatic heterocycles. The lowest BCUT2D eigenvalue weighted by atomic mass is 10.1. The Hall–Kier alpha value is -3.56. The van der Waals surface area contributed by atoms with Crippen LogP contribution in [0.2, 0.25) is 0 Å². The molecule has 0 aliphatic rings. The fourth-order valence-corrected chi connectivity index (χ4v) is 3.07. The van der Waals surface area contributed by atoms with Crippen molar-refractivity contribution in [3.05, 3.63) is 69.5 Å². The first kappa shape index (κ1) is 20.2. The van der Waals surface area contributed by atoms with Crippen molar-refractivity contribution in [2.45, 2.75) is 33.9 Å². The summed E-state index contributed by atoms with van der Waals surface area (Å²) < 4.78 is 16.4. The largest absolute Gasteiger partial charge is 0.323 e. The van der Waals surface area contributed by atoms with Gasteiger partial charge < -0.3 is 5.32 Å². The number of halogens is 1. The predicted molar refractivity (Wildman–Crippen MR) is 104 cm³/mol. The molecule has 152 valence electrons. The van der Waals surface area contributed by atoms with E-state index in [2.05, 4.69) is 15.5 Å². The van der Waals surface area contributed by atoms with Crippen LogP contribution in [-0.2, 0) is 17.9 Å². The molecule has 1 atom stereocenters. The van der Waals surface area contributed by atoms with E-state index >= 15 is 0 Å². The van der Waals surface area contributed by atoms with Crippen molar-refractivity contribution in [1.82, 2.24) is 19.6 Å². The Morgan fingerprint density at radius 1 is 1.38 bits per heavy atom. The molecule has 1 N–H and O–H groups in total. The van der Waals surface area contributed by atoms with Gasteiger partial charge in [-0.1, -0.05) is 19.1 Å². The summed E-state index contributed by atoms with van der Waals surface area (Å²) in [7, 11) is 0.